The molecule has 136 valence electrons. The molecular formula is C17H18N4O5. The van der Waals surface area contributed by atoms with E-state index in [4.69, 9.17) is 4.42 Å². The lowest BCUT2D eigenvalue weighted by Crippen LogP contribution is -2.47. The maximum atomic E-state index is 12.2. The molecular weight excluding hydrogens is 340 g/mol. The third kappa shape index (κ3) is 4.18. The Hall–Kier alpha value is -3.36. The van der Waals surface area contributed by atoms with Crippen LogP contribution in [0.25, 0.3) is 0 Å². The Morgan fingerprint density at radius 1 is 1.12 bits per heavy atom. The molecule has 0 spiro atoms. The number of carbonyl (C=O) groups is 2. The number of carbonyl (C=O) groups excluding carboxylic acids is 2. The van der Waals surface area contributed by atoms with Crippen LogP contribution in [-0.2, 0) is 0 Å². The molecule has 0 saturated carbocycles. The monoisotopic (exact) mass is 358 g/mol. The summed E-state index contributed by atoms with van der Waals surface area (Å²) in [4.78, 5) is 35.9. The lowest BCUT2D eigenvalue weighted by atomic mass is 10.1. The van der Waals surface area contributed by atoms with Crippen LogP contribution < -0.4 is 10.6 Å². The first kappa shape index (κ1) is 17.5. The molecule has 0 radical (unpaired) electrons. The first-order chi connectivity index (χ1) is 12.5. The van der Waals surface area contributed by atoms with Crippen LogP contribution in [0.1, 0.15) is 23.4 Å². The first-order valence-corrected chi connectivity index (χ1v) is 8.19. The van der Waals surface area contributed by atoms with Crippen molar-refractivity contribution in [2.24, 2.45) is 0 Å². The standard InChI is InChI=1S/C17H18N4O5/c22-16(14-6-7-15(26-14)21(24)25)18-13-8-10-20(11-9-13)17(23)19-12-4-2-1-3-5-12/h1-7,13H,8-11H2,(H,18,22)(H,19,23). The van der Waals surface area contributed by atoms with E-state index in [2.05, 4.69) is 10.6 Å². The molecule has 1 aromatic carbocycles. The topological polar surface area (TPSA) is 118 Å². The highest BCUT2D eigenvalue weighted by Crippen LogP contribution is 2.17. The van der Waals surface area contributed by atoms with Crippen LogP contribution in [0.2, 0.25) is 0 Å². The molecule has 0 unspecified atom stereocenters. The van der Waals surface area contributed by atoms with Crippen molar-refractivity contribution in [3.63, 3.8) is 0 Å². The van der Waals surface area contributed by atoms with Crippen molar-refractivity contribution in [1.29, 1.82) is 0 Å². The van der Waals surface area contributed by atoms with Crippen LogP contribution in [-0.4, -0.2) is 40.9 Å². The molecule has 1 saturated heterocycles. The molecule has 9 nitrogen and oxygen atoms in total. The van der Waals surface area contributed by atoms with E-state index in [1.807, 2.05) is 30.3 Å². The van der Waals surface area contributed by atoms with Crippen LogP contribution in [0, 0.1) is 10.1 Å². The van der Waals surface area contributed by atoms with Gasteiger partial charge in [0.25, 0.3) is 5.91 Å². The second kappa shape index (κ2) is 7.68. The van der Waals surface area contributed by atoms with Gasteiger partial charge in [0.2, 0.25) is 0 Å². The zero-order valence-electron chi connectivity index (χ0n) is 13.9. The van der Waals surface area contributed by atoms with Gasteiger partial charge in [-0.05, 0) is 31.0 Å². The van der Waals surface area contributed by atoms with Gasteiger partial charge in [-0.15, -0.1) is 0 Å². The quantitative estimate of drug-likeness (QED) is 0.643. The maximum Gasteiger partial charge on any atom is 0.433 e. The van der Waals surface area contributed by atoms with Crippen molar-refractivity contribution in [3.05, 3.63) is 58.3 Å². The van der Waals surface area contributed by atoms with E-state index in [1.165, 1.54) is 6.07 Å². The molecule has 2 N–H and O–H groups in total. The molecule has 1 fully saturated rings. The van der Waals surface area contributed by atoms with Gasteiger partial charge in [-0.2, -0.15) is 0 Å². The molecule has 3 amide bonds. The Balaban J connectivity index is 1.48. The van der Waals surface area contributed by atoms with Gasteiger partial charge in [0.05, 0.1) is 6.07 Å². The lowest BCUT2D eigenvalue weighted by molar-refractivity contribution is -0.402. The number of nitrogens with zero attached hydrogens (tertiary/aromatic N) is 2. The van der Waals surface area contributed by atoms with Gasteiger partial charge in [-0.1, -0.05) is 18.2 Å². The Bertz CT molecular complexity index is 796. The van der Waals surface area contributed by atoms with Gasteiger partial charge in [0.15, 0.2) is 5.76 Å². The zero-order valence-corrected chi connectivity index (χ0v) is 13.9. The SMILES string of the molecule is O=C(NC1CCN(C(=O)Nc2ccccc2)CC1)c1ccc([N+](=O)[O-])o1. The normalized spacial score (nSPS) is 14.7. The molecule has 0 atom stereocenters. The van der Waals surface area contributed by atoms with Gasteiger partial charge in [0.1, 0.15) is 4.92 Å². The second-order valence-electron chi connectivity index (χ2n) is 5.93. The van der Waals surface area contributed by atoms with Crippen LogP contribution in [0.5, 0.6) is 0 Å². The van der Waals surface area contributed by atoms with E-state index >= 15 is 0 Å². The smallest absolute Gasteiger partial charge is 0.395 e. The molecule has 1 aromatic heterocycles. The van der Waals surface area contributed by atoms with Crippen LogP contribution in [0.15, 0.2) is 46.9 Å². The largest absolute Gasteiger partial charge is 0.433 e. The second-order valence-corrected chi connectivity index (χ2v) is 5.93. The summed E-state index contributed by atoms with van der Waals surface area (Å²) in [5.74, 6) is -1.06. The number of anilines is 1. The van der Waals surface area contributed by atoms with Crippen LogP contribution in [0.3, 0.4) is 0 Å². The molecule has 1 aliphatic rings. The van der Waals surface area contributed by atoms with Gasteiger partial charge >= 0.3 is 11.9 Å². The molecule has 0 bridgehead atoms. The van der Waals surface area contributed by atoms with Gasteiger partial charge in [-0.3, -0.25) is 14.9 Å². The predicted molar refractivity (Wildman–Crippen MR) is 92.9 cm³/mol. The summed E-state index contributed by atoms with van der Waals surface area (Å²) < 4.78 is 4.89. The number of nitrogens with one attached hydrogen (secondary N) is 2. The number of urea groups is 1. The molecule has 0 aliphatic carbocycles. The Kier molecular flexibility index (Phi) is 5.16. The fraction of sp³-hybridized carbons (Fsp3) is 0.294. The van der Waals surface area contributed by atoms with Crippen molar-refractivity contribution in [2.75, 3.05) is 18.4 Å². The highest BCUT2D eigenvalue weighted by atomic mass is 16.6. The molecule has 9 heteroatoms. The number of likely N-dealkylation sites (tertiary alicyclic amines) is 1. The van der Waals surface area contributed by atoms with Gasteiger partial charge < -0.3 is 20.0 Å². The average Bonchev–Trinajstić information content (AvgIpc) is 3.14. The van der Waals surface area contributed by atoms with Crippen LogP contribution >= 0.6 is 0 Å². The number of benzene rings is 1. The van der Waals surface area contributed by atoms with Gasteiger partial charge in [-0.25, -0.2) is 4.79 Å². The van der Waals surface area contributed by atoms with E-state index in [1.54, 1.807) is 4.90 Å². The summed E-state index contributed by atoms with van der Waals surface area (Å²) >= 11 is 0. The third-order valence-corrected chi connectivity index (χ3v) is 4.14. The number of rotatable bonds is 4. The summed E-state index contributed by atoms with van der Waals surface area (Å²) in [7, 11) is 0. The summed E-state index contributed by atoms with van der Waals surface area (Å²) in [6.45, 7) is 1.00. The van der Waals surface area contributed by atoms with Crippen molar-refractivity contribution in [1.82, 2.24) is 10.2 Å². The number of hydrogen-bond donors (Lipinski definition) is 2. The van der Waals surface area contributed by atoms with Crippen molar-refractivity contribution >= 4 is 23.5 Å². The van der Waals surface area contributed by atoms with E-state index < -0.39 is 16.7 Å². The minimum atomic E-state index is -0.694. The first-order valence-electron chi connectivity index (χ1n) is 8.19. The van der Waals surface area contributed by atoms with E-state index in [-0.39, 0.29) is 17.8 Å². The van der Waals surface area contributed by atoms with Crippen molar-refractivity contribution in [2.45, 2.75) is 18.9 Å². The Morgan fingerprint density at radius 3 is 2.42 bits per heavy atom. The number of amides is 3. The number of hydrogen-bond acceptors (Lipinski definition) is 5. The number of furan rings is 1. The zero-order chi connectivity index (χ0) is 18.5. The van der Waals surface area contributed by atoms with Crippen LogP contribution in [0.4, 0.5) is 16.4 Å². The molecule has 2 aromatic rings. The van der Waals surface area contributed by atoms with Crippen molar-refractivity contribution < 1.29 is 18.9 Å². The fourth-order valence-electron chi connectivity index (χ4n) is 2.76. The van der Waals surface area contributed by atoms with Gasteiger partial charge in [0, 0.05) is 24.8 Å². The number of piperidine rings is 1. The highest BCUT2D eigenvalue weighted by molar-refractivity contribution is 5.92. The number of para-hydroxylation sites is 1. The Morgan fingerprint density at radius 2 is 1.81 bits per heavy atom. The summed E-state index contributed by atoms with van der Waals surface area (Å²) in [5.41, 5.74) is 0.729. The third-order valence-electron chi connectivity index (χ3n) is 4.14. The average molecular weight is 358 g/mol. The van der Waals surface area contributed by atoms with Crippen molar-refractivity contribution in [3.8, 4) is 0 Å². The Labute approximate surface area is 149 Å². The number of nitro groups is 1. The molecule has 26 heavy (non-hydrogen) atoms. The fourth-order valence-corrected chi connectivity index (χ4v) is 2.76. The summed E-state index contributed by atoms with van der Waals surface area (Å²) in [6, 6.07) is 11.3. The van der Waals surface area contributed by atoms with E-state index in [9.17, 15) is 19.7 Å². The predicted octanol–water partition coefficient (Wildman–Crippen LogP) is 2.61. The lowest BCUT2D eigenvalue weighted by Gasteiger charge is -2.32. The maximum absolute atomic E-state index is 12.2. The summed E-state index contributed by atoms with van der Waals surface area (Å²) in [5, 5.41) is 16.2. The summed E-state index contributed by atoms with van der Waals surface area (Å²) in [6.07, 6.45) is 1.19. The highest BCUT2D eigenvalue weighted by Gasteiger charge is 2.25. The molecule has 2 heterocycles. The minimum absolute atomic E-state index is 0.0963. The molecule has 3 rings (SSSR count). The molecule has 1 aliphatic heterocycles. The van der Waals surface area contributed by atoms with E-state index in [0.717, 1.165) is 11.8 Å². The van der Waals surface area contributed by atoms with E-state index in [0.29, 0.717) is 25.9 Å². The minimum Gasteiger partial charge on any atom is -0.395 e.